The number of rotatable bonds is 6. The molecule has 1 aliphatic heterocycles. The van der Waals surface area contributed by atoms with E-state index in [4.69, 9.17) is 21.1 Å². The van der Waals surface area contributed by atoms with Crippen molar-refractivity contribution in [3.63, 3.8) is 0 Å². The number of nitrogens with zero attached hydrogens (tertiary/aromatic N) is 1. The maximum atomic E-state index is 12.6. The molecule has 0 unspecified atom stereocenters. The van der Waals surface area contributed by atoms with Gasteiger partial charge in [0.2, 0.25) is 5.91 Å². The molecule has 0 aromatic heterocycles. The number of halogens is 1. The van der Waals surface area contributed by atoms with Gasteiger partial charge < -0.3 is 14.4 Å². The van der Waals surface area contributed by atoms with Crippen LogP contribution in [-0.2, 0) is 17.6 Å². The number of carbonyl (C=O) groups is 1. The lowest BCUT2D eigenvalue weighted by atomic mass is 9.90. The molecule has 0 atom stereocenters. The van der Waals surface area contributed by atoms with Crippen molar-refractivity contribution in [2.45, 2.75) is 40.0 Å². The lowest BCUT2D eigenvalue weighted by Crippen LogP contribution is -2.26. The van der Waals surface area contributed by atoms with Gasteiger partial charge in [-0.15, -0.1) is 0 Å². The average molecular weight is 388 g/mol. The van der Waals surface area contributed by atoms with Gasteiger partial charge in [-0.25, -0.2) is 0 Å². The molecular formula is C22H26ClNO3. The number of ether oxygens (including phenoxy) is 2. The van der Waals surface area contributed by atoms with Crippen LogP contribution < -0.4 is 14.4 Å². The molecule has 1 aliphatic rings. The summed E-state index contributed by atoms with van der Waals surface area (Å²) in [4.78, 5) is 14.3. The topological polar surface area (TPSA) is 38.8 Å². The molecule has 5 heteroatoms. The van der Waals surface area contributed by atoms with E-state index in [1.165, 1.54) is 5.56 Å². The third-order valence-electron chi connectivity index (χ3n) is 5.12. The number of hydrogen-bond donors (Lipinski definition) is 0. The summed E-state index contributed by atoms with van der Waals surface area (Å²) in [5, 5.41) is 0.611. The van der Waals surface area contributed by atoms with Crippen LogP contribution in [0, 0.1) is 6.92 Å². The van der Waals surface area contributed by atoms with E-state index in [0.29, 0.717) is 18.0 Å². The Bertz CT molecular complexity index is 867. The summed E-state index contributed by atoms with van der Waals surface area (Å²) in [5.74, 6) is 1.59. The van der Waals surface area contributed by atoms with Crippen molar-refractivity contribution < 1.29 is 14.3 Å². The normalized spacial score (nSPS) is 13.1. The minimum Gasteiger partial charge on any atom is -0.496 e. The highest BCUT2D eigenvalue weighted by Gasteiger charge is 2.33. The van der Waals surface area contributed by atoms with E-state index in [0.717, 1.165) is 52.3 Å². The van der Waals surface area contributed by atoms with Crippen LogP contribution in [0.4, 0.5) is 5.69 Å². The Hall–Kier alpha value is -2.20. The zero-order chi connectivity index (χ0) is 19.7. The number of anilines is 1. The maximum Gasteiger partial charge on any atom is 0.231 e. The first-order chi connectivity index (χ1) is 13.0. The molecule has 0 spiro atoms. The number of benzene rings is 2. The minimum absolute atomic E-state index is 0.0711. The predicted octanol–water partition coefficient (Wildman–Crippen LogP) is 5.19. The van der Waals surface area contributed by atoms with Crippen molar-refractivity contribution in [3.05, 3.63) is 39.9 Å². The highest BCUT2D eigenvalue weighted by molar-refractivity contribution is 6.35. The lowest BCUT2D eigenvalue weighted by molar-refractivity contribution is -0.117. The standard InChI is InChI=1S/C22H26ClNO3/c1-6-8-14-10-17(26-4)21(18(11-14)27-5)20-13(3)9-16(23)22-15(20)12-19(25)24(22)7-2/h9-11H,6-8,12H2,1-5H3. The molecule has 3 rings (SSSR count). The molecule has 0 bridgehead atoms. The molecule has 0 radical (unpaired) electrons. The highest BCUT2D eigenvalue weighted by atomic mass is 35.5. The number of hydrogen-bond acceptors (Lipinski definition) is 3. The van der Waals surface area contributed by atoms with Crippen LogP contribution in [0.1, 0.15) is 37.0 Å². The van der Waals surface area contributed by atoms with E-state index in [1.54, 1.807) is 19.1 Å². The Kier molecular flexibility index (Phi) is 5.66. The second-order valence-corrected chi connectivity index (χ2v) is 7.22. The van der Waals surface area contributed by atoms with E-state index in [2.05, 4.69) is 19.1 Å². The SMILES string of the molecule is CCCc1cc(OC)c(-c2c(C)cc(Cl)c3c2CC(=O)N3CC)c(OC)c1. The Morgan fingerprint density at radius 2 is 1.70 bits per heavy atom. The molecule has 1 amide bonds. The van der Waals surface area contributed by atoms with Crippen LogP contribution in [-0.4, -0.2) is 26.7 Å². The highest BCUT2D eigenvalue weighted by Crippen LogP contribution is 2.49. The van der Waals surface area contributed by atoms with E-state index in [9.17, 15) is 4.79 Å². The third kappa shape index (κ3) is 3.27. The van der Waals surface area contributed by atoms with Crippen molar-refractivity contribution >= 4 is 23.2 Å². The molecule has 0 fully saturated rings. The number of fused-ring (bicyclic) bond motifs is 1. The number of carbonyl (C=O) groups excluding carboxylic acids is 1. The number of methoxy groups -OCH3 is 2. The summed E-state index contributed by atoms with van der Waals surface area (Å²) in [7, 11) is 3.34. The van der Waals surface area contributed by atoms with Gasteiger partial charge in [0.15, 0.2) is 0 Å². The van der Waals surface area contributed by atoms with Gasteiger partial charge in [-0.05, 0) is 60.7 Å². The molecule has 2 aromatic carbocycles. The first-order valence-corrected chi connectivity index (χ1v) is 9.72. The van der Waals surface area contributed by atoms with Gasteiger partial charge in [-0.2, -0.15) is 0 Å². The van der Waals surface area contributed by atoms with Gasteiger partial charge >= 0.3 is 0 Å². The second-order valence-electron chi connectivity index (χ2n) is 6.82. The maximum absolute atomic E-state index is 12.6. The Morgan fingerprint density at radius 3 is 2.22 bits per heavy atom. The van der Waals surface area contributed by atoms with Crippen LogP contribution >= 0.6 is 11.6 Å². The Morgan fingerprint density at radius 1 is 1.07 bits per heavy atom. The monoisotopic (exact) mass is 387 g/mol. The molecule has 0 aliphatic carbocycles. The van der Waals surface area contributed by atoms with Crippen molar-refractivity contribution in [1.29, 1.82) is 0 Å². The van der Waals surface area contributed by atoms with Gasteiger partial charge in [-0.1, -0.05) is 24.9 Å². The smallest absolute Gasteiger partial charge is 0.231 e. The molecule has 0 saturated carbocycles. The fourth-order valence-electron chi connectivity index (χ4n) is 3.99. The summed E-state index contributed by atoms with van der Waals surface area (Å²) in [6.07, 6.45) is 2.33. The first kappa shape index (κ1) is 19.6. The fraction of sp³-hybridized carbons (Fsp3) is 0.409. The zero-order valence-electron chi connectivity index (χ0n) is 16.6. The number of aryl methyl sites for hydroxylation is 2. The van der Waals surface area contributed by atoms with Gasteiger partial charge in [0.05, 0.1) is 36.9 Å². The predicted molar refractivity (Wildman–Crippen MR) is 110 cm³/mol. The van der Waals surface area contributed by atoms with Crippen LogP contribution in [0.25, 0.3) is 11.1 Å². The van der Waals surface area contributed by atoms with Crippen molar-refractivity contribution in [2.24, 2.45) is 0 Å². The third-order valence-corrected chi connectivity index (χ3v) is 5.41. The van der Waals surface area contributed by atoms with Gasteiger partial charge in [0.25, 0.3) is 0 Å². The Balaban J connectivity index is 2.33. The number of amides is 1. The van der Waals surface area contributed by atoms with Gasteiger partial charge in [0, 0.05) is 6.54 Å². The summed E-state index contributed by atoms with van der Waals surface area (Å²) in [5.41, 5.74) is 5.80. The lowest BCUT2D eigenvalue weighted by Gasteiger charge is -2.22. The molecule has 2 aromatic rings. The van der Waals surface area contributed by atoms with E-state index in [-0.39, 0.29) is 5.91 Å². The molecule has 0 saturated heterocycles. The van der Waals surface area contributed by atoms with Gasteiger partial charge in [0.1, 0.15) is 11.5 Å². The molecule has 4 nitrogen and oxygen atoms in total. The zero-order valence-corrected chi connectivity index (χ0v) is 17.4. The van der Waals surface area contributed by atoms with E-state index in [1.807, 2.05) is 19.9 Å². The molecule has 0 N–H and O–H groups in total. The molecule has 144 valence electrons. The van der Waals surface area contributed by atoms with Crippen molar-refractivity contribution in [1.82, 2.24) is 0 Å². The van der Waals surface area contributed by atoms with Crippen molar-refractivity contribution in [3.8, 4) is 22.6 Å². The minimum atomic E-state index is 0.0711. The van der Waals surface area contributed by atoms with Crippen LogP contribution in [0.15, 0.2) is 18.2 Å². The molecular weight excluding hydrogens is 362 g/mol. The van der Waals surface area contributed by atoms with Crippen molar-refractivity contribution in [2.75, 3.05) is 25.7 Å². The van der Waals surface area contributed by atoms with E-state index >= 15 is 0 Å². The largest absolute Gasteiger partial charge is 0.496 e. The van der Waals surface area contributed by atoms with Gasteiger partial charge in [-0.3, -0.25) is 4.79 Å². The first-order valence-electron chi connectivity index (χ1n) is 9.34. The fourth-order valence-corrected chi connectivity index (χ4v) is 4.37. The van der Waals surface area contributed by atoms with E-state index < -0.39 is 0 Å². The summed E-state index contributed by atoms with van der Waals surface area (Å²) >= 11 is 6.53. The summed E-state index contributed by atoms with van der Waals surface area (Å²) in [6.45, 7) is 6.72. The van der Waals surface area contributed by atoms with Crippen LogP contribution in [0.2, 0.25) is 5.02 Å². The summed E-state index contributed by atoms with van der Waals surface area (Å²) in [6, 6.07) is 6.06. The Labute approximate surface area is 166 Å². The van der Waals surface area contributed by atoms with Crippen LogP contribution in [0.5, 0.6) is 11.5 Å². The quantitative estimate of drug-likeness (QED) is 0.684. The second kappa shape index (κ2) is 7.81. The summed E-state index contributed by atoms with van der Waals surface area (Å²) < 4.78 is 11.5. The number of likely N-dealkylation sites (N-methyl/N-ethyl adjacent to an activating group) is 1. The molecule has 1 heterocycles. The molecule has 27 heavy (non-hydrogen) atoms. The average Bonchev–Trinajstić information content (AvgIpc) is 2.98. The van der Waals surface area contributed by atoms with Crippen LogP contribution in [0.3, 0.4) is 0 Å².